The summed E-state index contributed by atoms with van der Waals surface area (Å²) in [4.78, 5) is 0. The molecule has 0 heterocycles. The minimum absolute atomic E-state index is 0.846. The van der Waals surface area contributed by atoms with Crippen LogP contribution < -0.4 is 15.9 Å². The Morgan fingerprint density at radius 2 is 1.04 bits per heavy atom. The highest BCUT2D eigenvalue weighted by molar-refractivity contribution is 7.95. The van der Waals surface area contributed by atoms with Gasteiger partial charge >= 0.3 is 0 Å². The van der Waals surface area contributed by atoms with E-state index in [1.54, 1.807) is 6.08 Å². The molecule has 0 amide bonds. The van der Waals surface area contributed by atoms with E-state index < -0.39 is 7.26 Å². The maximum absolute atomic E-state index is 8.95. The number of benzene rings is 3. The van der Waals surface area contributed by atoms with Crippen molar-refractivity contribution in [3.8, 4) is 6.07 Å². The van der Waals surface area contributed by atoms with Crippen molar-refractivity contribution >= 4 is 23.2 Å². The van der Waals surface area contributed by atoms with Gasteiger partial charge in [-0.1, -0.05) is 54.6 Å². The molecule has 3 aromatic carbocycles. The van der Waals surface area contributed by atoms with Crippen LogP contribution in [0, 0.1) is 11.3 Å². The Labute approximate surface area is 144 Å². The summed E-state index contributed by atoms with van der Waals surface area (Å²) in [7, 11) is -1.82. The highest BCUT2D eigenvalue weighted by Crippen LogP contribution is 2.55. The van der Waals surface area contributed by atoms with Crippen molar-refractivity contribution in [2.45, 2.75) is 0 Å². The smallest absolute Gasteiger partial charge is 0.116 e. The second-order valence-corrected chi connectivity index (χ2v) is 9.06. The maximum atomic E-state index is 8.95. The molecule has 0 aromatic heterocycles. The van der Waals surface area contributed by atoms with Crippen molar-refractivity contribution in [3.05, 3.63) is 103 Å². The Bertz CT molecular complexity index is 737. The van der Waals surface area contributed by atoms with E-state index >= 15 is 0 Å². The van der Waals surface area contributed by atoms with Crippen LogP contribution >= 0.6 is 7.26 Å². The van der Waals surface area contributed by atoms with Crippen molar-refractivity contribution in [1.82, 2.24) is 0 Å². The second-order valence-electron chi connectivity index (χ2n) is 5.53. The van der Waals surface area contributed by atoms with Crippen LogP contribution in [0.1, 0.15) is 0 Å². The lowest BCUT2D eigenvalue weighted by molar-refractivity contribution is 1.53. The minimum Gasteiger partial charge on any atom is -0.193 e. The van der Waals surface area contributed by atoms with E-state index in [1.165, 1.54) is 15.9 Å². The molecular weight excluding hydrogens is 309 g/mol. The molecule has 0 aliphatic rings. The van der Waals surface area contributed by atoms with Crippen LogP contribution in [-0.2, 0) is 0 Å². The Morgan fingerprint density at radius 1 is 0.667 bits per heavy atom. The Morgan fingerprint density at radius 3 is 1.38 bits per heavy atom. The Balaban J connectivity index is 2.28. The van der Waals surface area contributed by atoms with E-state index in [2.05, 4.69) is 97.1 Å². The Kier molecular flexibility index (Phi) is 5.22. The lowest BCUT2D eigenvalue weighted by atomic mass is 10.4. The molecule has 0 unspecified atom stereocenters. The minimum atomic E-state index is -1.82. The zero-order chi connectivity index (χ0) is 16.7. The van der Waals surface area contributed by atoms with Crippen molar-refractivity contribution < 1.29 is 0 Å². The van der Waals surface area contributed by atoms with Gasteiger partial charge in [0.2, 0.25) is 0 Å². The first-order chi connectivity index (χ1) is 11.9. The third kappa shape index (κ3) is 3.16. The lowest BCUT2D eigenvalue weighted by Crippen LogP contribution is -2.32. The Hall–Kier alpha value is -2.68. The van der Waals surface area contributed by atoms with E-state index in [4.69, 9.17) is 5.26 Å². The van der Waals surface area contributed by atoms with E-state index in [0.717, 1.165) is 6.16 Å². The van der Waals surface area contributed by atoms with Gasteiger partial charge < -0.3 is 0 Å². The average Bonchev–Trinajstić information content (AvgIpc) is 2.68. The molecule has 3 aromatic rings. The molecule has 0 spiro atoms. The summed E-state index contributed by atoms with van der Waals surface area (Å²) in [5, 5.41) is 13.0. The van der Waals surface area contributed by atoms with Crippen molar-refractivity contribution in [2.24, 2.45) is 0 Å². The molecule has 0 fully saturated rings. The van der Waals surface area contributed by atoms with E-state index in [-0.39, 0.29) is 0 Å². The van der Waals surface area contributed by atoms with Gasteiger partial charge in [0.05, 0.1) is 12.2 Å². The fraction of sp³-hybridized carbons (Fsp3) is 0.0455. The fourth-order valence-electron chi connectivity index (χ4n) is 3.07. The van der Waals surface area contributed by atoms with E-state index in [0.29, 0.717) is 0 Å². The summed E-state index contributed by atoms with van der Waals surface area (Å²) in [5.41, 5.74) is 0. The van der Waals surface area contributed by atoms with Gasteiger partial charge in [0.25, 0.3) is 0 Å². The van der Waals surface area contributed by atoms with Gasteiger partial charge in [0.15, 0.2) is 0 Å². The number of nitrogens with zero attached hydrogens (tertiary/aromatic N) is 1. The number of nitriles is 1. The number of hydrogen-bond acceptors (Lipinski definition) is 1. The third-order valence-electron chi connectivity index (χ3n) is 4.16. The lowest BCUT2D eigenvalue weighted by Gasteiger charge is -2.26. The summed E-state index contributed by atoms with van der Waals surface area (Å²) in [6.07, 6.45) is 4.46. The molecule has 1 nitrogen and oxygen atoms in total. The normalized spacial score (nSPS) is 11.3. The predicted octanol–water partition coefficient (Wildman–Crippen LogP) is 4.06. The van der Waals surface area contributed by atoms with Gasteiger partial charge in [-0.05, 0) is 42.5 Å². The molecule has 3 rings (SSSR count). The maximum Gasteiger partial charge on any atom is 0.116 e. The van der Waals surface area contributed by atoms with Crippen LogP contribution in [0.15, 0.2) is 103 Å². The van der Waals surface area contributed by atoms with Crippen LogP contribution in [0.3, 0.4) is 0 Å². The molecule has 24 heavy (non-hydrogen) atoms. The topological polar surface area (TPSA) is 23.8 Å². The van der Waals surface area contributed by atoms with Crippen molar-refractivity contribution in [1.29, 1.82) is 5.26 Å². The van der Waals surface area contributed by atoms with Gasteiger partial charge in [-0.25, -0.2) is 0 Å². The predicted molar refractivity (Wildman–Crippen MR) is 105 cm³/mol. The second kappa shape index (κ2) is 7.73. The van der Waals surface area contributed by atoms with Crippen LogP contribution in [-0.4, -0.2) is 6.16 Å². The zero-order valence-corrected chi connectivity index (χ0v) is 14.3. The highest BCUT2D eigenvalue weighted by Gasteiger charge is 2.43. The van der Waals surface area contributed by atoms with Crippen LogP contribution in [0.5, 0.6) is 0 Å². The molecule has 0 bridgehead atoms. The summed E-state index contributed by atoms with van der Waals surface area (Å²) >= 11 is 0. The quantitative estimate of drug-likeness (QED) is 0.512. The SMILES string of the molecule is N#CC=CC[P+](c1ccccc1)(c1ccccc1)c1ccccc1. The summed E-state index contributed by atoms with van der Waals surface area (Å²) in [6.45, 7) is 0. The number of allylic oxidation sites excluding steroid dienone is 2. The van der Waals surface area contributed by atoms with Crippen molar-refractivity contribution in [2.75, 3.05) is 6.16 Å². The molecule has 0 saturated heterocycles. The first-order valence-corrected chi connectivity index (χ1v) is 9.95. The third-order valence-corrected chi connectivity index (χ3v) is 8.46. The number of hydrogen-bond donors (Lipinski definition) is 0. The monoisotopic (exact) mass is 328 g/mol. The van der Waals surface area contributed by atoms with Gasteiger partial charge in [-0.2, -0.15) is 5.26 Å². The van der Waals surface area contributed by atoms with Crippen LogP contribution in [0.25, 0.3) is 0 Å². The van der Waals surface area contributed by atoms with Crippen molar-refractivity contribution in [3.63, 3.8) is 0 Å². The summed E-state index contributed by atoms with van der Waals surface area (Å²) in [5.74, 6) is 0. The fourth-order valence-corrected chi connectivity index (χ4v) is 7.07. The molecule has 0 aliphatic carbocycles. The molecular formula is C22H19NP+. The van der Waals surface area contributed by atoms with E-state index in [1.807, 2.05) is 6.08 Å². The summed E-state index contributed by atoms with van der Waals surface area (Å²) < 4.78 is 0. The molecule has 116 valence electrons. The van der Waals surface area contributed by atoms with Gasteiger partial charge in [-0.15, -0.1) is 0 Å². The first kappa shape index (κ1) is 16.2. The average molecular weight is 328 g/mol. The van der Waals surface area contributed by atoms with Gasteiger partial charge in [-0.3, -0.25) is 0 Å². The molecule has 0 radical (unpaired) electrons. The molecule has 0 N–H and O–H groups in total. The standard InChI is InChI=1S/C22H19NP/c23-18-10-11-19-24(20-12-4-1-5-13-20,21-14-6-2-7-15-21)22-16-8-3-9-17-22/h1-17H,19H2/q+1. The molecule has 2 heteroatoms. The zero-order valence-electron chi connectivity index (χ0n) is 13.4. The summed E-state index contributed by atoms with van der Waals surface area (Å²) in [6, 6.07) is 34.2. The van der Waals surface area contributed by atoms with Gasteiger partial charge in [0, 0.05) is 6.08 Å². The van der Waals surface area contributed by atoms with Crippen LogP contribution in [0.2, 0.25) is 0 Å². The molecule has 0 aliphatic heterocycles. The number of rotatable bonds is 5. The van der Waals surface area contributed by atoms with E-state index in [9.17, 15) is 0 Å². The van der Waals surface area contributed by atoms with Gasteiger partial charge in [0.1, 0.15) is 23.2 Å². The largest absolute Gasteiger partial charge is 0.193 e. The molecule has 0 saturated carbocycles. The first-order valence-electron chi connectivity index (χ1n) is 7.97. The molecule has 0 atom stereocenters. The van der Waals surface area contributed by atoms with Crippen LogP contribution in [0.4, 0.5) is 0 Å². The highest BCUT2D eigenvalue weighted by atomic mass is 31.2.